The number of benzene rings is 1. The summed E-state index contributed by atoms with van der Waals surface area (Å²) in [6.45, 7) is 3.52. The second-order valence-electron chi connectivity index (χ2n) is 7.43. The van der Waals surface area contributed by atoms with Gasteiger partial charge in [-0.2, -0.15) is 0 Å². The molecule has 1 unspecified atom stereocenters. The lowest BCUT2D eigenvalue weighted by atomic mass is 9.96. The van der Waals surface area contributed by atoms with Gasteiger partial charge in [0.05, 0.1) is 28.2 Å². The zero-order chi connectivity index (χ0) is 22.8. The van der Waals surface area contributed by atoms with Gasteiger partial charge in [0.15, 0.2) is 5.76 Å². The van der Waals surface area contributed by atoms with Crippen molar-refractivity contribution in [2.45, 2.75) is 26.0 Å². The molecule has 4 rings (SSSR count). The van der Waals surface area contributed by atoms with Crippen molar-refractivity contribution >= 4 is 34.7 Å². The van der Waals surface area contributed by atoms with Gasteiger partial charge < -0.3 is 9.84 Å². The van der Waals surface area contributed by atoms with Crippen LogP contribution in [0, 0.1) is 0 Å². The Labute approximate surface area is 188 Å². The highest BCUT2D eigenvalue weighted by Gasteiger charge is 2.45. The van der Waals surface area contributed by atoms with E-state index in [9.17, 15) is 19.5 Å². The number of carbonyl (C=O) groups excluding carboxylic acids is 3. The molecule has 0 fully saturated rings. The van der Waals surface area contributed by atoms with Gasteiger partial charge in [0.1, 0.15) is 0 Å². The summed E-state index contributed by atoms with van der Waals surface area (Å²) in [4.78, 5) is 44.3. The fourth-order valence-corrected chi connectivity index (χ4v) is 4.22. The molecule has 1 aromatic carbocycles. The minimum Gasteiger partial charge on any atom is -0.503 e. The van der Waals surface area contributed by atoms with Crippen molar-refractivity contribution in [2.75, 3.05) is 4.90 Å². The maximum absolute atomic E-state index is 13.2. The second-order valence-corrected chi connectivity index (χ2v) is 8.38. The number of Topliss-reactive ketones (excluding diaryl/α,β-unsaturated/α-hetero) is 1. The quantitative estimate of drug-likeness (QED) is 0.441. The third kappa shape index (κ3) is 3.92. The van der Waals surface area contributed by atoms with Crippen LogP contribution in [0.3, 0.4) is 0 Å². The molecule has 2 aromatic heterocycles. The molecule has 1 N–H and O–H groups in total. The van der Waals surface area contributed by atoms with Gasteiger partial charge in [-0.15, -0.1) is 11.3 Å². The molecule has 8 heteroatoms. The Balaban J connectivity index is 1.76. The van der Waals surface area contributed by atoms with Crippen LogP contribution in [0.25, 0.3) is 0 Å². The van der Waals surface area contributed by atoms with Crippen LogP contribution in [0.2, 0.25) is 0 Å². The van der Waals surface area contributed by atoms with Gasteiger partial charge in [0.2, 0.25) is 5.78 Å². The average Bonchev–Trinajstić information content (AvgIpc) is 3.41. The number of ether oxygens (including phenoxy) is 1. The first kappa shape index (κ1) is 21.5. The monoisotopic (exact) mass is 448 g/mol. The molecule has 1 amide bonds. The summed E-state index contributed by atoms with van der Waals surface area (Å²) < 4.78 is 5.20. The number of aliphatic hydroxyl groups is 1. The molecular formula is C24H20N2O5S. The molecule has 162 valence electrons. The first-order chi connectivity index (χ1) is 15.4. The minimum absolute atomic E-state index is 0.00579. The van der Waals surface area contributed by atoms with Gasteiger partial charge in [-0.05, 0) is 61.2 Å². The number of aromatic nitrogens is 1. The topological polar surface area (TPSA) is 96.8 Å². The SMILES string of the molecule is CC(C)OC(=O)c1ccc(N2C(=O)C(O)=C(C(=O)c3cccs3)C2c2cccnc2)cc1. The van der Waals surface area contributed by atoms with E-state index >= 15 is 0 Å². The Morgan fingerprint density at radius 2 is 1.88 bits per heavy atom. The van der Waals surface area contributed by atoms with Crippen molar-refractivity contribution in [2.24, 2.45) is 0 Å². The van der Waals surface area contributed by atoms with Crippen LogP contribution in [0.5, 0.6) is 0 Å². The molecule has 3 aromatic rings. The summed E-state index contributed by atoms with van der Waals surface area (Å²) in [6.07, 6.45) is 2.88. The number of pyridine rings is 1. The maximum Gasteiger partial charge on any atom is 0.338 e. The predicted molar refractivity (Wildman–Crippen MR) is 120 cm³/mol. The molecule has 1 aliphatic heterocycles. The maximum atomic E-state index is 13.2. The highest BCUT2D eigenvalue weighted by molar-refractivity contribution is 7.12. The molecule has 0 saturated heterocycles. The fourth-order valence-electron chi connectivity index (χ4n) is 3.54. The summed E-state index contributed by atoms with van der Waals surface area (Å²) in [5, 5.41) is 12.5. The largest absolute Gasteiger partial charge is 0.503 e. The van der Waals surface area contributed by atoms with Crippen molar-refractivity contribution in [1.82, 2.24) is 4.98 Å². The molecule has 7 nitrogen and oxygen atoms in total. The molecule has 0 radical (unpaired) electrons. The minimum atomic E-state index is -0.862. The summed E-state index contributed by atoms with van der Waals surface area (Å²) >= 11 is 1.23. The van der Waals surface area contributed by atoms with Gasteiger partial charge in [-0.1, -0.05) is 12.1 Å². The lowest BCUT2D eigenvalue weighted by Crippen LogP contribution is -2.31. The molecule has 0 saturated carbocycles. The summed E-state index contributed by atoms with van der Waals surface area (Å²) in [6, 6.07) is 12.2. The lowest BCUT2D eigenvalue weighted by Gasteiger charge is -2.26. The molecule has 3 heterocycles. The van der Waals surface area contributed by atoms with E-state index in [0.717, 1.165) is 0 Å². The number of hydrogen-bond donors (Lipinski definition) is 1. The summed E-state index contributed by atoms with van der Waals surface area (Å²) in [5.74, 6) is -2.19. The Bertz CT molecular complexity index is 1180. The third-order valence-corrected chi connectivity index (χ3v) is 5.79. The number of rotatable bonds is 6. The molecule has 0 aliphatic carbocycles. The third-order valence-electron chi connectivity index (χ3n) is 4.92. The van der Waals surface area contributed by atoms with Crippen molar-refractivity contribution in [3.05, 3.63) is 93.6 Å². The number of carbonyl (C=O) groups is 3. The van der Waals surface area contributed by atoms with E-state index in [4.69, 9.17) is 4.74 Å². The molecule has 32 heavy (non-hydrogen) atoms. The highest BCUT2D eigenvalue weighted by Crippen LogP contribution is 2.42. The summed E-state index contributed by atoms with van der Waals surface area (Å²) in [7, 11) is 0. The first-order valence-electron chi connectivity index (χ1n) is 9.94. The fraction of sp³-hybridized carbons (Fsp3) is 0.167. The number of thiophene rings is 1. The number of nitrogens with zero attached hydrogens (tertiary/aromatic N) is 2. The van der Waals surface area contributed by atoms with E-state index in [1.165, 1.54) is 16.2 Å². The number of hydrogen-bond acceptors (Lipinski definition) is 7. The zero-order valence-corrected chi connectivity index (χ0v) is 18.2. The van der Waals surface area contributed by atoms with E-state index in [1.807, 2.05) is 0 Å². The Hall–Kier alpha value is -3.78. The van der Waals surface area contributed by atoms with E-state index in [1.54, 1.807) is 80.2 Å². The molecule has 0 bridgehead atoms. The van der Waals surface area contributed by atoms with Crippen LogP contribution in [0.1, 0.15) is 45.5 Å². The smallest absolute Gasteiger partial charge is 0.338 e. The van der Waals surface area contributed by atoms with Gasteiger partial charge in [-0.25, -0.2) is 4.79 Å². The normalized spacial score (nSPS) is 16.0. The van der Waals surface area contributed by atoms with Gasteiger partial charge >= 0.3 is 5.97 Å². The van der Waals surface area contributed by atoms with Gasteiger partial charge in [-0.3, -0.25) is 19.5 Å². The van der Waals surface area contributed by atoms with Crippen LogP contribution in [-0.2, 0) is 9.53 Å². The second kappa shape index (κ2) is 8.76. The van der Waals surface area contributed by atoms with E-state index < -0.39 is 29.5 Å². The van der Waals surface area contributed by atoms with E-state index in [0.29, 0.717) is 21.7 Å². The number of ketones is 1. The summed E-state index contributed by atoms with van der Waals surface area (Å²) in [5.41, 5.74) is 1.33. The predicted octanol–water partition coefficient (Wildman–Crippen LogP) is 4.49. The highest BCUT2D eigenvalue weighted by atomic mass is 32.1. The molecule has 1 aliphatic rings. The zero-order valence-electron chi connectivity index (χ0n) is 17.4. The average molecular weight is 449 g/mol. The number of esters is 1. The Morgan fingerprint density at radius 1 is 1.12 bits per heavy atom. The molecule has 1 atom stereocenters. The van der Waals surface area contributed by atoms with Crippen molar-refractivity contribution in [3.8, 4) is 0 Å². The van der Waals surface area contributed by atoms with Crippen molar-refractivity contribution < 1.29 is 24.2 Å². The van der Waals surface area contributed by atoms with Crippen molar-refractivity contribution in [1.29, 1.82) is 0 Å². The van der Waals surface area contributed by atoms with Gasteiger partial charge in [0, 0.05) is 18.1 Å². The van der Waals surface area contributed by atoms with Crippen LogP contribution in [-0.4, -0.2) is 33.9 Å². The van der Waals surface area contributed by atoms with Gasteiger partial charge in [0.25, 0.3) is 5.91 Å². The van der Waals surface area contributed by atoms with E-state index in [2.05, 4.69) is 4.98 Å². The number of amides is 1. The number of aliphatic hydroxyl groups excluding tert-OH is 1. The molecular weight excluding hydrogens is 428 g/mol. The standard InChI is InChI=1S/C24H20N2O5S/c1-14(2)31-24(30)15-7-9-17(10-8-15)26-20(16-5-3-11-25-13-16)19(22(28)23(26)29)21(27)18-6-4-12-32-18/h3-14,20,28H,1-2H3. The Morgan fingerprint density at radius 3 is 2.47 bits per heavy atom. The van der Waals surface area contributed by atoms with Crippen LogP contribution >= 0.6 is 11.3 Å². The first-order valence-corrected chi connectivity index (χ1v) is 10.8. The number of anilines is 1. The Kier molecular flexibility index (Phi) is 5.87. The lowest BCUT2D eigenvalue weighted by molar-refractivity contribution is -0.117. The van der Waals surface area contributed by atoms with Crippen LogP contribution in [0.15, 0.2) is 77.6 Å². The van der Waals surface area contributed by atoms with E-state index in [-0.39, 0.29) is 11.7 Å². The van der Waals surface area contributed by atoms with Crippen LogP contribution in [0.4, 0.5) is 5.69 Å². The molecule has 0 spiro atoms. The van der Waals surface area contributed by atoms with Crippen molar-refractivity contribution in [3.63, 3.8) is 0 Å². The van der Waals surface area contributed by atoms with Crippen LogP contribution < -0.4 is 4.90 Å².